The van der Waals surface area contributed by atoms with Gasteiger partial charge in [0.2, 0.25) is 0 Å². The van der Waals surface area contributed by atoms with Crippen LogP contribution in [0.15, 0.2) is 11.4 Å². The van der Waals surface area contributed by atoms with Crippen LogP contribution < -0.4 is 0 Å². The number of nitrogens with zero attached hydrogens (tertiary/aromatic N) is 3. The van der Waals surface area contributed by atoms with Gasteiger partial charge in [0.05, 0.1) is 18.1 Å². The first-order valence-corrected chi connectivity index (χ1v) is 4.16. The van der Waals surface area contributed by atoms with Gasteiger partial charge in [-0.25, -0.2) is 0 Å². The van der Waals surface area contributed by atoms with Gasteiger partial charge < -0.3 is 5.21 Å². The molecule has 0 saturated carbocycles. The Morgan fingerprint density at radius 1 is 1.54 bits per heavy atom. The van der Waals surface area contributed by atoms with Crippen LogP contribution >= 0.6 is 0 Å². The summed E-state index contributed by atoms with van der Waals surface area (Å²) in [6.07, 6.45) is 3.21. The molecule has 0 radical (unpaired) electrons. The van der Waals surface area contributed by atoms with Crippen molar-refractivity contribution in [1.29, 1.82) is 0 Å². The SMILES string of the molecule is Cn1ncc(C(C)(C)C)c1C=NO. The van der Waals surface area contributed by atoms with E-state index in [1.54, 1.807) is 10.9 Å². The normalized spacial score (nSPS) is 12.6. The second-order valence-corrected chi connectivity index (χ2v) is 4.06. The van der Waals surface area contributed by atoms with Gasteiger partial charge in [0.25, 0.3) is 0 Å². The van der Waals surface area contributed by atoms with Crippen LogP contribution in [0.5, 0.6) is 0 Å². The summed E-state index contributed by atoms with van der Waals surface area (Å²) in [6, 6.07) is 0. The van der Waals surface area contributed by atoms with Crippen LogP contribution in [0.3, 0.4) is 0 Å². The monoisotopic (exact) mass is 181 g/mol. The van der Waals surface area contributed by atoms with Crippen LogP contribution in [-0.4, -0.2) is 21.2 Å². The molecule has 0 amide bonds. The van der Waals surface area contributed by atoms with Crippen LogP contribution in [0, 0.1) is 0 Å². The molecule has 1 rings (SSSR count). The molecule has 72 valence electrons. The quantitative estimate of drug-likeness (QED) is 0.406. The zero-order chi connectivity index (χ0) is 10.1. The molecule has 0 aliphatic heterocycles. The van der Waals surface area contributed by atoms with E-state index in [-0.39, 0.29) is 5.41 Å². The number of hydrogen-bond acceptors (Lipinski definition) is 3. The first-order chi connectivity index (χ1) is 5.96. The molecule has 0 saturated heterocycles. The van der Waals surface area contributed by atoms with Crippen molar-refractivity contribution in [3.05, 3.63) is 17.5 Å². The van der Waals surface area contributed by atoms with Gasteiger partial charge in [-0.05, 0) is 5.41 Å². The number of hydrogen-bond donors (Lipinski definition) is 1. The summed E-state index contributed by atoms with van der Waals surface area (Å²) < 4.78 is 1.69. The Bertz CT molecular complexity index is 320. The minimum atomic E-state index is 0.0186. The van der Waals surface area contributed by atoms with E-state index in [2.05, 4.69) is 31.0 Å². The molecule has 0 aromatic carbocycles. The fourth-order valence-corrected chi connectivity index (χ4v) is 1.23. The standard InChI is InChI=1S/C9H15N3O/c1-9(2,3)7-5-10-12(4)8(7)6-11-13/h5-6,13H,1-4H3. The Balaban J connectivity index is 3.23. The van der Waals surface area contributed by atoms with Gasteiger partial charge in [-0.15, -0.1) is 0 Å². The molecule has 13 heavy (non-hydrogen) atoms. The van der Waals surface area contributed by atoms with Crippen molar-refractivity contribution in [2.75, 3.05) is 0 Å². The predicted molar refractivity (Wildman–Crippen MR) is 51.3 cm³/mol. The van der Waals surface area contributed by atoms with Crippen molar-refractivity contribution in [2.24, 2.45) is 12.2 Å². The molecule has 1 heterocycles. The Kier molecular flexibility index (Phi) is 2.40. The van der Waals surface area contributed by atoms with Gasteiger partial charge in [-0.1, -0.05) is 25.9 Å². The van der Waals surface area contributed by atoms with E-state index in [1.807, 2.05) is 7.05 Å². The number of oxime groups is 1. The number of aryl methyl sites for hydroxylation is 1. The number of rotatable bonds is 1. The molecule has 1 aromatic heterocycles. The van der Waals surface area contributed by atoms with Crippen molar-refractivity contribution < 1.29 is 5.21 Å². The second kappa shape index (κ2) is 3.20. The molecule has 0 fully saturated rings. The topological polar surface area (TPSA) is 50.4 Å². The van der Waals surface area contributed by atoms with Gasteiger partial charge in [-0.3, -0.25) is 4.68 Å². The summed E-state index contributed by atoms with van der Waals surface area (Å²) in [4.78, 5) is 0. The summed E-state index contributed by atoms with van der Waals surface area (Å²) >= 11 is 0. The summed E-state index contributed by atoms with van der Waals surface area (Å²) in [5.41, 5.74) is 1.94. The summed E-state index contributed by atoms with van der Waals surface area (Å²) in [5.74, 6) is 0. The lowest BCUT2D eigenvalue weighted by Crippen LogP contribution is -2.13. The highest BCUT2D eigenvalue weighted by Crippen LogP contribution is 2.24. The van der Waals surface area contributed by atoms with E-state index in [1.165, 1.54) is 6.21 Å². The molecule has 1 aromatic rings. The highest BCUT2D eigenvalue weighted by Gasteiger charge is 2.20. The van der Waals surface area contributed by atoms with Crippen LogP contribution in [0.1, 0.15) is 32.0 Å². The maximum absolute atomic E-state index is 8.48. The minimum Gasteiger partial charge on any atom is -0.411 e. The third-order valence-corrected chi connectivity index (χ3v) is 1.97. The average Bonchev–Trinajstić information content (AvgIpc) is 2.32. The first kappa shape index (κ1) is 9.77. The van der Waals surface area contributed by atoms with Crippen molar-refractivity contribution in [1.82, 2.24) is 9.78 Å². The lowest BCUT2D eigenvalue weighted by molar-refractivity contribution is 0.321. The second-order valence-electron chi connectivity index (χ2n) is 4.06. The smallest absolute Gasteiger partial charge is 0.0917 e. The largest absolute Gasteiger partial charge is 0.411 e. The Hall–Kier alpha value is -1.32. The fraction of sp³-hybridized carbons (Fsp3) is 0.556. The molecule has 1 N–H and O–H groups in total. The van der Waals surface area contributed by atoms with Gasteiger partial charge in [0, 0.05) is 12.6 Å². The first-order valence-electron chi connectivity index (χ1n) is 4.16. The molecule has 4 nitrogen and oxygen atoms in total. The van der Waals surface area contributed by atoms with E-state index in [0.717, 1.165) is 11.3 Å². The van der Waals surface area contributed by atoms with Crippen LogP contribution in [0.25, 0.3) is 0 Å². The van der Waals surface area contributed by atoms with E-state index < -0.39 is 0 Å². The molecule has 0 spiro atoms. The molecule has 0 aliphatic rings. The van der Waals surface area contributed by atoms with Gasteiger partial charge in [0.15, 0.2) is 0 Å². The van der Waals surface area contributed by atoms with Gasteiger partial charge in [0.1, 0.15) is 0 Å². The zero-order valence-electron chi connectivity index (χ0n) is 8.44. The molecular formula is C9H15N3O. The van der Waals surface area contributed by atoms with Crippen molar-refractivity contribution >= 4 is 6.21 Å². The van der Waals surface area contributed by atoms with Crippen molar-refractivity contribution in [2.45, 2.75) is 26.2 Å². The van der Waals surface area contributed by atoms with E-state index in [9.17, 15) is 0 Å². The average molecular weight is 181 g/mol. The summed E-state index contributed by atoms with van der Waals surface area (Å²) in [5, 5.41) is 15.6. The number of aromatic nitrogens is 2. The highest BCUT2D eigenvalue weighted by atomic mass is 16.4. The maximum atomic E-state index is 8.48. The van der Waals surface area contributed by atoms with E-state index in [0.29, 0.717) is 0 Å². The highest BCUT2D eigenvalue weighted by molar-refractivity contribution is 5.79. The third-order valence-electron chi connectivity index (χ3n) is 1.97. The Morgan fingerprint density at radius 3 is 2.62 bits per heavy atom. The fourth-order valence-electron chi connectivity index (χ4n) is 1.23. The molecule has 0 aliphatic carbocycles. The minimum absolute atomic E-state index is 0.0186. The van der Waals surface area contributed by atoms with Crippen LogP contribution in [-0.2, 0) is 12.5 Å². The van der Waals surface area contributed by atoms with Crippen LogP contribution in [0.4, 0.5) is 0 Å². The van der Waals surface area contributed by atoms with Gasteiger partial charge >= 0.3 is 0 Å². The molecule has 0 bridgehead atoms. The molecule has 0 unspecified atom stereocenters. The predicted octanol–water partition coefficient (Wildman–Crippen LogP) is 1.53. The van der Waals surface area contributed by atoms with Crippen molar-refractivity contribution in [3.8, 4) is 0 Å². The van der Waals surface area contributed by atoms with E-state index >= 15 is 0 Å². The summed E-state index contributed by atoms with van der Waals surface area (Å²) in [6.45, 7) is 6.29. The van der Waals surface area contributed by atoms with E-state index in [4.69, 9.17) is 5.21 Å². The summed E-state index contributed by atoms with van der Waals surface area (Å²) in [7, 11) is 1.83. The Morgan fingerprint density at radius 2 is 2.15 bits per heavy atom. The van der Waals surface area contributed by atoms with Crippen molar-refractivity contribution in [3.63, 3.8) is 0 Å². The molecule has 4 heteroatoms. The van der Waals surface area contributed by atoms with Crippen LogP contribution in [0.2, 0.25) is 0 Å². The van der Waals surface area contributed by atoms with Gasteiger partial charge in [-0.2, -0.15) is 5.10 Å². The lowest BCUT2D eigenvalue weighted by Gasteiger charge is -2.17. The molecule has 0 atom stereocenters. The third kappa shape index (κ3) is 1.88. The lowest BCUT2D eigenvalue weighted by atomic mass is 9.87. The Labute approximate surface area is 77.9 Å². The molecular weight excluding hydrogens is 166 g/mol. The zero-order valence-corrected chi connectivity index (χ0v) is 8.44. The maximum Gasteiger partial charge on any atom is 0.0917 e.